The SMILES string of the molecule is COc1c(C)c(C)cc(C)c1Cc1cccc(CN)c1. The van der Waals surface area contributed by atoms with Crippen LogP contribution in [0.15, 0.2) is 30.3 Å². The van der Waals surface area contributed by atoms with E-state index < -0.39 is 0 Å². The van der Waals surface area contributed by atoms with Crippen LogP contribution in [0, 0.1) is 20.8 Å². The number of aryl methyl sites for hydroxylation is 2. The first-order chi connectivity index (χ1) is 9.56. The molecule has 0 saturated carbocycles. The molecule has 0 heterocycles. The lowest BCUT2D eigenvalue weighted by Crippen LogP contribution is -2.02. The van der Waals surface area contributed by atoms with E-state index in [1.807, 2.05) is 0 Å². The lowest BCUT2D eigenvalue weighted by atomic mass is 9.94. The predicted octanol–water partition coefficient (Wildman–Crippen LogP) is 3.67. The summed E-state index contributed by atoms with van der Waals surface area (Å²) < 4.78 is 5.64. The number of ether oxygens (including phenoxy) is 1. The number of methoxy groups -OCH3 is 1. The molecule has 2 nitrogen and oxygen atoms in total. The molecule has 0 radical (unpaired) electrons. The van der Waals surface area contributed by atoms with E-state index >= 15 is 0 Å². The summed E-state index contributed by atoms with van der Waals surface area (Å²) in [5.74, 6) is 1.01. The highest BCUT2D eigenvalue weighted by molar-refractivity contribution is 5.51. The summed E-state index contributed by atoms with van der Waals surface area (Å²) in [5.41, 5.74) is 13.2. The van der Waals surface area contributed by atoms with Gasteiger partial charge in [0.2, 0.25) is 0 Å². The third-order valence-electron chi connectivity index (χ3n) is 3.93. The Bertz CT molecular complexity index is 617. The van der Waals surface area contributed by atoms with Crippen LogP contribution in [0.2, 0.25) is 0 Å². The van der Waals surface area contributed by atoms with E-state index in [1.165, 1.54) is 33.4 Å². The van der Waals surface area contributed by atoms with Crippen molar-refractivity contribution < 1.29 is 4.74 Å². The van der Waals surface area contributed by atoms with Gasteiger partial charge in [-0.2, -0.15) is 0 Å². The minimum atomic E-state index is 0.580. The van der Waals surface area contributed by atoms with Gasteiger partial charge in [-0.15, -0.1) is 0 Å². The number of benzene rings is 2. The Labute approximate surface area is 121 Å². The van der Waals surface area contributed by atoms with Crippen molar-refractivity contribution in [2.24, 2.45) is 5.73 Å². The quantitative estimate of drug-likeness (QED) is 0.919. The summed E-state index contributed by atoms with van der Waals surface area (Å²) in [5, 5.41) is 0. The van der Waals surface area contributed by atoms with E-state index in [0.29, 0.717) is 6.54 Å². The summed E-state index contributed by atoms with van der Waals surface area (Å²) in [4.78, 5) is 0. The molecule has 0 amide bonds. The van der Waals surface area contributed by atoms with Gasteiger partial charge in [0.1, 0.15) is 5.75 Å². The molecule has 2 heteroatoms. The second kappa shape index (κ2) is 6.10. The summed E-state index contributed by atoms with van der Waals surface area (Å²) in [6.45, 7) is 6.98. The van der Waals surface area contributed by atoms with Crippen molar-refractivity contribution in [3.05, 3.63) is 63.7 Å². The monoisotopic (exact) mass is 269 g/mol. The number of hydrogen-bond donors (Lipinski definition) is 1. The second-order valence-electron chi connectivity index (χ2n) is 5.35. The maximum atomic E-state index is 5.72. The molecule has 2 aromatic carbocycles. The van der Waals surface area contributed by atoms with Crippen LogP contribution in [0.25, 0.3) is 0 Å². The van der Waals surface area contributed by atoms with E-state index in [4.69, 9.17) is 10.5 Å². The zero-order valence-electron chi connectivity index (χ0n) is 12.8. The van der Waals surface area contributed by atoms with Crippen molar-refractivity contribution in [1.82, 2.24) is 0 Å². The summed E-state index contributed by atoms with van der Waals surface area (Å²) in [6.07, 6.45) is 0.879. The Balaban J connectivity index is 2.45. The molecule has 2 rings (SSSR count). The molecule has 106 valence electrons. The number of hydrogen-bond acceptors (Lipinski definition) is 2. The van der Waals surface area contributed by atoms with Gasteiger partial charge in [0.25, 0.3) is 0 Å². The first kappa shape index (κ1) is 14.6. The van der Waals surface area contributed by atoms with Crippen molar-refractivity contribution in [2.75, 3.05) is 7.11 Å². The van der Waals surface area contributed by atoms with E-state index in [9.17, 15) is 0 Å². The molecule has 0 aliphatic rings. The predicted molar refractivity (Wildman–Crippen MR) is 84.3 cm³/mol. The maximum Gasteiger partial charge on any atom is 0.125 e. The lowest BCUT2D eigenvalue weighted by molar-refractivity contribution is 0.406. The first-order valence-electron chi connectivity index (χ1n) is 6.98. The van der Waals surface area contributed by atoms with Crippen LogP contribution >= 0.6 is 0 Å². The Morgan fingerprint density at radius 3 is 2.35 bits per heavy atom. The van der Waals surface area contributed by atoms with Crippen LogP contribution in [0.4, 0.5) is 0 Å². The topological polar surface area (TPSA) is 35.2 Å². The van der Waals surface area contributed by atoms with Crippen molar-refractivity contribution >= 4 is 0 Å². The number of nitrogens with two attached hydrogens (primary N) is 1. The van der Waals surface area contributed by atoms with Gasteiger partial charge in [-0.1, -0.05) is 30.3 Å². The van der Waals surface area contributed by atoms with Gasteiger partial charge in [0, 0.05) is 18.5 Å². The van der Waals surface area contributed by atoms with E-state index in [0.717, 1.165) is 12.2 Å². The molecule has 0 spiro atoms. The van der Waals surface area contributed by atoms with Crippen LogP contribution in [0.3, 0.4) is 0 Å². The molecule has 0 fully saturated rings. The third-order valence-corrected chi connectivity index (χ3v) is 3.93. The summed E-state index contributed by atoms with van der Waals surface area (Å²) >= 11 is 0. The van der Waals surface area contributed by atoms with Gasteiger partial charge in [-0.05, 0) is 48.6 Å². The Morgan fingerprint density at radius 2 is 1.70 bits per heavy atom. The average molecular weight is 269 g/mol. The molecule has 2 N–H and O–H groups in total. The average Bonchev–Trinajstić information content (AvgIpc) is 2.45. The third kappa shape index (κ3) is 2.86. The molecule has 0 bridgehead atoms. The molecule has 0 saturated heterocycles. The van der Waals surface area contributed by atoms with Crippen molar-refractivity contribution in [3.63, 3.8) is 0 Å². The lowest BCUT2D eigenvalue weighted by Gasteiger charge is -2.17. The van der Waals surface area contributed by atoms with Crippen molar-refractivity contribution in [2.45, 2.75) is 33.7 Å². The van der Waals surface area contributed by atoms with Crippen LogP contribution < -0.4 is 10.5 Å². The highest BCUT2D eigenvalue weighted by Crippen LogP contribution is 2.31. The molecular formula is C18H23NO. The largest absolute Gasteiger partial charge is 0.496 e. The normalized spacial score (nSPS) is 10.7. The van der Waals surface area contributed by atoms with E-state index in [1.54, 1.807) is 7.11 Å². The van der Waals surface area contributed by atoms with Crippen molar-refractivity contribution in [1.29, 1.82) is 0 Å². The fourth-order valence-corrected chi connectivity index (χ4v) is 2.67. The zero-order valence-corrected chi connectivity index (χ0v) is 12.8. The van der Waals surface area contributed by atoms with Gasteiger partial charge < -0.3 is 10.5 Å². The van der Waals surface area contributed by atoms with Crippen LogP contribution in [-0.4, -0.2) is 7.11 Å². The van der Waals surface area contributed by atoms with E-state index in [2.05, 4.69) is 51.1 Å². The van der Waals surface area contributed by atoms with Gasteiger partial charge in [0.05, 0.1) is 7.11 Å². The van der Waals surface area contributed by atoms with Crippen LogP contribution in [0.1, 0.15) is 33.4 Å². The second-order valence-corrected chi connectivity index (χ2v) is 5.35. The molecule has 0 aliphatic carbocycles. The highest BCUT2D eigenvalue weighted by atomic mass is 16.5. The molecule has 0 aliphatic heterocycles. The summed E-state index contributed by atoms with van der Waals surface area (Å²) in [7, 11) is 1.75. The summed E-state index contributed by atoms with van der Waals surface area (Å²) in [6, 6.07) is 10.7. The van der Waals surface area contributed by atoms with Gasteiger partial charge in [-0.3, -0.25) is 0 Å². The number of rotatable bonds is 4. The Kier molecular flexibility index (Phi) is 4.46. The minimum Gasteiger partial charge on any atom is -0.496 e. The van der Waals surface area contributed by atoms with E-state index in [-0.39, 0.29) is 0 Å². The molecule has 0 atom stereocenters. The molecule has 20 heavy (non-hydrogen) atoms. The molecular weight excluding hydrogens is 246 g/mol. The smallest absolute Gasteiger partial charge is 0.125 e. The van der Waals surface area contributed by atoms with Crippen LogP contribution in [0.5, 0.6) is 5.75 Å². The Hall–Kier alpha value is -1.80. The fraction of sp³-hybridized carbons (Fsp3) is 0.333. The maximum absolute atomic E-state index is 5.72. The van der Waals surface area contributed by atoms with Crippen LogP contribution in [-0.2, 0) is 13.0 Å². The van der Waals surface area contributed by atoms with Gasteiger partial charge in [-0.25, -0.2) is 0 Å². The standard InChI is InChI=1S/C18H23NO/c1-12-8-13(2)17(18(20-4)14(12)3)10-15-6-5-7-16(9-15)11-19/h5-9H,10-11,19H2,1-4H3. The first-order valence-corrected chi connectivity index (χ1v) is 6.98. The van der Waals surface area contributed by atoms with Gasteiger partial charge in [0.15, 0.2) is 0 Å². The molecule has 2 aromatic rings. The molecule has 0 unspecified atom stereocenters. The fourth-order valence-electron chi connectivity index (χ4n) is 2.67. The minimum absolute atomic E-state index is 0.580. The molecule has 0 aromatic heterocycles. The van der Waals surface area contributed by atoms with Crippen molar-refractivity contribution in [3.8, 4) is 5.75 Å². The highest BCUT2D eigenvalue weighted by Gasteiger charge is 2.12. The zero-order chi connectivity index (χ0) is 14.7. The Morgan fingerprint density at radius 1 is 1.00 bits per heavy atom. The van der Waals surface area contributed by atoms with Gasteiger partial charge >= 0.3 is 0 Å².